The molecule has 0 unspecified atom stereocenters. The molecule has 0 aliphatic rings. The smallest absolute Gasteiger partial charge is 0.410 e. The van der Waals surface area contributed by atoms with Crippen LogP contribution in [0.3, 0.4) is 0 Å². The number of nitrogens with one attached hydrogen (secondary N) is 2. The Labute approximate surface area is 96.0 Å². The molecule has 0 saturated heterocycles. The van der Waals surface area contributed by atoms with Crippen molar-refractivity contribution in [2.75, 3.05) is 11.9 Å². The predicted octanol–water partition coefficient (Wildman–Crippen LogP) is 1.46. The minimum atomic E-state index is -1.20. The van der Waals surface area contributed by atoms with Gasteiger partial charge in [-0.1, -0.05) is 17.4 Å². The first kappa shape index (κ1) is 12.2. The van der Waals surface area contributed by atoms with Crippen molar-refractivity contribution in [3.8, 4) is 0 Å². The highest BCUT2D eigenvalue weighted by Gasteiger charge is 2.15. The summed E-state index contributed by atoms with van der Waals surface area (Å²) >= 11 is 0.997. The van der Waals surface area contributed by atoms with Gasteiger partial charge in [0.05, 0.1) is 5.69 Å². The van der Waals surface area contributed by atoms with E-state index in [2.05, 4.69) is 22.2 Å². The summed E-state index contributed by atoms with van der Waals surface area (Å²) in [5.41, 5.74) is 0.496. The highest BCUT2D eigenvalue weighted by atomic mass is 32.1. The molecule has 0 spiro atoms. The van der Waals surface area contributed by atoms with E-state index in [1.54, 1.807) is 13.0 Å². The lowest BCUT2D eigenvalue weighted by Crippen LogP contribution is -2.22. The third-order valence-corrected chi connectivity index (χ3v) is 2.70. The molecule has 1 heterocycles. The Morgan fingerprint density at radius 3 is 2.88 bits per heavy atom. The van der Waals surface area contributed by atoms with Gasteiger partial charge in [-0.15, -0.1) is 6.58 Å². The largest absolute Gasteiger partial charge is 0.465 e. The lowest BCUT2D eigenvalue weighted by atomic mass is 10.4. The van der Waals surface area contributed by atoms with E-state index in [0.29, 0.717) is 17.1 Å². The monoisotopic (exact) mass is 241 g/mol. The summed E-state index contributed by atoms with van der Waals surface area (Å²) in [7, 11) is 0. The molecular formula is C9H11N3O3S. The first-order chi connectivity index (χ1) is 7.54. The number of thiazole rings is 1. The van der Waals surface area contributed by atoms with Gasteiger partial charge in [-0.25, -0.2) is 9.78 Å². The molecule has 0 atom stereocenters. The van der Waals surface area contributed by atoms with Crippen LogP contribution in [0.2, 0.25) is 0 Å². The van der Waals surface area contributed by atoms with E-state index in [-0.39, 0.29) is 11.0 Å². The SMILES string of the molecule is C=CCNC(=O)c1sc(NC(=O)O)nc1C. The van der Waals surface area contributed by atoms with E-state index in [1.807, 2.05) is 0 Å². The summed E-state index contributed by atoms with van der Waals surface area (Å²) in [4.78, 5) is 26.2. The van der Waals surface area contributed by atoms with Crippen molar-refractivity contribution >= 4 is 28.5 Å². The molecule has 0 radical (unpaired) electrons. The maximum absolute atomic E-state index is 11.6. The van der Waals surface area contributed by atoms with Crippen molar-refractivity contribution in [1.82, 2.24) is 10.3 Å². The van der Waals surface area contributed by atoms with Crippen LogP contribution >= 0.6 is 11.3 Å². The predicted molar refractivity (Wildman–Crippen MR) is 61.0 cm³/mol. The van der Waals surface area contributed by atoms with Gasteiger partial charge in [0.2, 0.25) is 0 Å². The van der Waals surface area contributed by atoms with Gasteiger partial charge in [-0.3, -0.25) is 10.1 Å². The molecule has 6 nitrogen and oxygen atoms in total. The quantitative estimate of drug-likeness (QED) is 0.696. The number of carbonyl (C=O) groups excluding carboxylic acids is 1. The summed E-state index contributed by atoms with van der Waals surface area (Å²) in [5, 5.41) is 13.4. The summed E-state index contributed by atoms with van der Waals surface area (Å²) in [6, 6.07) is 0. The maximum atomic E-state index is 11.6. The van der Waals surface area contributed by atoms with Crippen LogP contribution in [0.5, 0.6) is 0 Å². The van der Waals surface area contributed by atoms with E-state index in [1.165, 1.54) is 0 Å². The minimum absolute atomic E-state index is 0.189. The van der Waals surface area contributed by atoms with Crippen molar-refractivity contribution in [2.24, 2.45) is 0 Å². The lowest BCUT2D eigenvalue weighted by molar-refractivity contribution is 0.0961. The average Bonchev–Trinajstić information content (AvgIpc) is 2.54. The fraction of sp³-hybridized carbons (Fsp3) is 0.222. The van der Waals surface area contributed by atoms with Gasteiger partial charge in [-0.2, -0.15) is 0 Å². The average molecular weight is 241 g/mol. The fourth-order valence-electron chi connectivity index (χ4n) is 0.997. The van der Waals surface area contributed by atoms with Gasteiger partial charge >= 0.3 is 6.09 Å². The fourth-order valence-corrected chi connectivity index (χ4v) is 1.87. The third-order valence-electron chi connectivity index (χ3n) is 1.62. The van der Waals surface area contributed by atoms with Crippen LogP contribution in [0.25, 0.3) is 0 Å². The van der Waals surface area contributed by atoms with Crippen molar-refractivity contribution in [3.63, 3.8) is 0 Å². The second-order valence-electron chi connectivity index (χ2n) is 2.86. The number of hydrogen-bond acceptors (Lipinski definition) is 4. The molecule has 0 aromatic carbocycles. The molecular weight excluding hydrogens is 230 g/mol. The maximum Gasteiger partial charge on any atom is 0.410 e. The second-order valence-corrected chi connectivity index (χ2v) is 3.86. The van der Waals surface area contributed by atoms with Crippen LogP contribution in [0, 0.1) is 6.92 Å². The number of hydrogen-bond donors (Lipinski definition) is 3. The highest BCUT2D eigenvalue weighted by molar-refractivity contribution is 7.17. The van der Waals surface area contributed by atoms with Gasteiger partial charge in [0.25, 0.3) is 5.91 Å². The second kappa shape index (κ2) is 5.26. The van der Waals surface area contributed by atoms with E-state index in [0.717, 1.165) is 11.3 Å². The van der Waals surface area contributed by atoms with Crippen molar-refractivity contribution < 1.29 is 14.7 Å². The number of nitrogens with zero attached hydrogens (tertiary/aromatic N) is 1. The number of anilines is 1. The van der Waals surface area contributed by atoms with Gasteiger partial charge in [0, 0.05) is 6.54 Å². The van der Waals surface area contributed by atoms with Crippen LogP contribution in [-0.2, 0) is 0 Å². The Morgan fingerprint density at radius 2 is 2.31 bits per heavy atom. The molecule has 3 N–H and O–H groups in total. The molecule has 1 aromatic rings. The molecule has 0 bridgehead atoms. The number of aromatic nitrogens is 1. The minimum Gasteiger partial charge on any atom is -0.465 e. The highest BCUT2D eigenvalue weighted by Crippen LogP contribution is 2.22. The zero-order valence-corrected chi connectivity index (χ0v) is 9.43. The lowest BCUT2D eigenvalue weighted by Gasteiger charge is -1.98. The standard InChI is InChI=1S/C9H11N3O3S/c1-3-4-10-7(13)6-5(2)11-8(16-6)12-9(14)15/h3H,1,4H2,2H3,(H,10,13)(H,11,12)(H,14,15). The number of aryl methyl sites for hydroxylation is 1. The van der Waals surface area contributed by atoms with Crippen LogP contribution in [0.4, 0.5) is 9.93 Å². The van der Waals surface area contributed by atoms with Gasteiger partial charge in [0.15, 0.2) is 5.13 Å². The molecule has 7 heteroatoms. The Morgan fingerprint density at radius 1 is 1.62 bits per heavy atom. The number of rotatable bonds is 4. The van der Waals surface area contributed by atoms with Crippen LogP contribution in [-0.4, -0.2) is 28.6 Å². The summed E-state index contributed by atoms with van der Waals surface area (Å²) < 4.78 is 0. The Hall–Kier alpha value is -1.89. The number of amides is 2. The zero-order valence-electron chi connectivity index (χ0n) is 8.61. The Bertz CT molecular complexity index is 428. The van der Waals surface area contributed by atoms with Crippen molar-refractivity contribution in [1.29, 1.82) is 0 Å². The van der Waals surface area contributed by atoms with E-state index >= 15 is 0 Å². The molecule has 0 fully saturated rings. The summed E-state index contributed by atoms with van der Waals surface area (Å²) in [6.07, 6.45) is 0.358. The summed E-state index contributed by atoms with van der Waals surface area (Å²) in [6.45, 7) is 5.48. The van der Waals surface area contributed by atoms with E-state index in [4.69, 9.17) is 5.11 Å². The van der Waals surface area contributed by atoms with Crippen LogP contribution in [0.1, 0.15) is 15.4 Å². The van der Waals surface area contributed by atoms with Gasteiger partial charge < -0.3 is 10.4 Å². The number of carbonyl (C=O) groups is 2. The van der Waals surface area contributed by atoms with Crippen LogP contribution < -0.4 is 10.6 Å². The molecule has 0 aliphatic carbocycles. The van der Waals surface area contributed by atoms with Gasteiger partial charge in [-0.05, 0) is 6.92 Å². The van der Waals surface area contributed by atoms with E-state index in [9.17, 15) is 9.59 Å². The Kier molecular flexibility index (Phi) is 4.01. The van der Waals surface area contributed by atoms with Crippen LogP contribution in [0.15, 0.2) is 12.7 Å². The number of carboxylic acid groups (broad SMARTS) is 1. The Balaban J connectivity index is 2.80. The molecule has 2 amide bonds. The van der Waals surface area contributed by atoms with Crippen molar-refractivity contribution in [2.45, 2.75) is 6.92 Å². The van der Waals surface area contributed by atoms with E-state index < -0.39 is 6.09 Å². The normalized spacial score (nSPS) is 9.56. The third kappa shape index (κ3) is 3.06. The molecule has 1 rings (SSSR count). The van der Waals surface area contributed by atoms with Crippen molar-refractivity contribution in [3.05, 3.63) is 23.2 Å². The first-order valence-electron chi connectivity index (χ1n) is 4.41. The molecule has 86 valence electrons. The summed E-state index contributed by atoms with van der Waals surface area (Å²) in [5.74, 6) is -0.284. The topological polar surface area (TPSA) is 91.3 Å². The molecule has 1 aromatic heterocycles. The zero-order chi connectivity index (χ0) is 12.1. The molecule has 16 heavy (non-hydrogen) atoms. The first-order valence-corrected chi connectivity index (χ1v) is 5.22. The molecule has 0 aliphatic heterocycles. The van der Waals surface area contributed by atoms with Gasteiger partial charge in [0.1, 0.15) is 4.88 Å². The molecule has 0 saturated carbocycles.